The molecular formula is C3H5FeNO2+. The molecular weight excluding hydrogens is 138 g/mol. The van der Waals surface area contributed by atoms with Crippen molar-refractivity contribution in [2.24, 2.45) is 0 Å². The summed E-state index contributed by atoms with van der Waals surface area (Å²) in [5, 5.41) is 10.4. The molecule has 0 amide bonds. The number of rotatable bonds is 2. The van der Waals surface area contributed by atoms with Gasteiger partial charge in [-0.25, -0.2) is 0 Å². The SMILES string of the molecule is CN[C](=[Fe+])C(=O)O. The monoisotopic (exact) mass is 143 g/mol. The molecule has 0 atom stereocenters. The Labute approximate surface area is 49.1 Å². The zero-order valence-electron chi connectivity index (χ0n) is 3.71. The number of carboxylic acids is 1. The summed E-state index contributed by atoms with van der Waals surface area (Å²) >= 11 is 3.16. The van der Waals surface area contributed by atoms with Crippen molar-refractivity contribution in [2.45, 2.75) is 0 Å². The molecule has 0 rings (SSSR count). The van der Waals surface area contributed by atoms with Gasteiger partial charge >= 0.3 is 48.4 Å². The van der Waals surface area contributed by atoms with Gasteiger partial charge in [0.1, 0.15) is 0 Å². The molecule has 0 aliphatic rings. The van der Waals surface area contributed by atoms with Crippen molar-refractivity contribution in [3.05, 3.63) is 0 Å². The molecule has 0 spiro atoms. The van der Waals surface area contributed by atoms with Crippen molar-refractivity contribution in [3.63, 3.8) is 0 Å². The number of carbonyl (C=O) groups is 1. The number of hydrogen-bond acceptors (Lipinski definition) is 2. The van der Waals surface area contributed by atoms with Gasteiger partial charge in [0, 0.05) is 0 Å². The quantitative estimate of drug-likeness (QED) is 0.485. The van der Waals surface area contributed by atoms with Gasteiger partial charge in [0.05, 0.1) is 0 Å². The number of hydrogen-bond donors (Lipinski definition) is 2. The average molecular weight is 143 g/mol. The van der Waals surface area contributed by atoms with Gasteiger partial charge in [0.2, 0.25) is 0 Å². The first-order valence-electron chi connectivity index (χ1n) is 1.60. The molecule has 7 heavy (non-hydrogen) atoms. The van der Waals surface area contributed by atoms with E-state index in [1.165, 1.54) is 7.05 Å². The van der Waals surface area contributed by atoms with E-state index in [9.17, 15) is 4.79 Å². The summed E-state index contributed by atoms with van der Waals surface area (Å²) < 4.78 is 0.0139. The molecule has 0 aliphatic carbocycles. The molecule has 0 saturated carbocycles. The van der Waals surface area contributed by atoms with Crippen LogP contribution in [0.3, 0.4) is 0 Å². The third-order valence-electron chi connectivity index (χ3n) is 0.396. The molecule has 0 unspecified atom stereocenters. The Hall–Kier alpha value is -0.181. The van der Waals surface area contributed by atoms with E-state index in [0.717, 1.165) is 0 Å². The van der Waals surface area contributed by atoms with E-state index in [-0.39, 0.29) is 4.54 Å². The van der Waals surface area contributed by atoms with E-state index < -0.39 is 5.97 Å². The Kier molecular flexibility index (Phi) is 2.83. The molecule has 0 radical (unpaired) electrons. The first kappa shape index (κ1) is 6.82. The van der Waals surface area contributed by atoms with Gasteiger partial charge in [0.25, 0.3) is 0 Å². The van der Waals surface area contributed by atoms with E-state index >= 15 is 0 Å². The molecule has 4 heteroatoms. The summed E-state index contributed by atoms with van der Waals surface area (Å²) in [6, 6.07) is 0. The van der Waals surface area contributed by atoms with Crippen LogP contribution >= 0.6 is 0 Å². The predicted molar refractivity (Wildman–Crippen MR) is 21.7 cm³/mol. The van der Waals surface area contributed by atoms with Gasteiger partial charge in [-0.2, -0.15) is 0 Å². The van der Waals surface area contributed by atoms with Crippen LogP contribution in [-0.4, -0.2) is 22.7 Å². The first-order chi connectivity index (χ1) is 3.18. The molecule has 0 aromatic rings. The second-order valence-electron chi connectivity index (χ2n) is 0.857. The van der Waals surface area contributed by atoms with Crippen LogP contribution in [0.4, 0.5) is 0 Å². The fourth-order valence-corrected chi connectivity index (χ4v) is 0.107. The Morgan fingerprint density at radius 3 is 2.29 bits per heavy atom. The summed E-state index contributed by atoms with van der Waals surface area (Å²) in [6.07, 6.45) is 0. The van der Waals surface area contributed by atoms with Crippen LogP contribution < -0.4 is 5.32 Å². The Bertz CT molecular complexity index is 101. The summed E-state index contributed by atoms with van der Waals surface area (Å²) in [6.45, 7) is 0. The van der Waals surface area contributed by atoms with Crippen LogP contribution in [0, 0.1) is 0 Å². The van der Waals surface area contributed by atoms with Gasteiger partial charge in [-0.3, -0.25) is 0 Å². The van der Waals surface area contributed by atoms with Crippen molar-refractivity contribution < 1.29 is 25.5 Å². The Morgan fingerprint density at radius 1 is 1.86 bits per heavy atom. The van der Waals surface area contributed by atoms with Crippen LogP contribution in [0.15, 0.2) is 0 Å². The van der Waals surface area contributed by atoms with Gasteiger partial charge in [-0.05, 0) is 0 Å². The Morgan fingerprint density at radius 2 is 2.29 bits per heavy atom. The third-order valence-corrected chi connectivity index (χ3v) is 0.908. The first-order valence-corrected chi connectivity index (χ1v) is 2.16. The van der Waals surface area contributed by atoms with E-state index in [1.807, 2.05) is 0 Å². The Balaban J connectivity index is 3.58. The van der Waals surface area contributed by atoms with Gasteiger partial charge < -0.3 is 0 Å². The molecule has 0 aromatic carbocycles. The molecule has 0 aliphatic heterocycles. The van der Waals surface area contributed by atoms with E-state index in [0.29, 0.717) is 0 Å². The fourth-order valence-electron chi connectivity index (χ4n) is 0.107. The van der Waals surface area contributed by atoms with E-state index in [4.69, 9.17) is 5.11 Å². The molecule has 0 saturated heterocycles. The van der Waals surface area contributed by atoms with Crippen molar-refractivity contribution in [3.8, 4) is 0 Å². The van der Waals surface area contributed by atoms with Crippen molar-refractivity contribution in [1.29, 1.82) is 0 Å². The van der Waals surface area contributed by atoms with Crippen LogP contribution in [0.1, 0.15) is 0 Å². The number of nitrogens with one attached hydrogen (secondary N) is 1. The van der Waals surface area contributed by atoms with Gasteiger partial charge in [-0.1, -0.05) is 0 Å². The minimum absolute atomic E-state index is 0.0139. The van der Waals surface area contributed by atoms with Crippen molar-refractivity contribution in [2.75, 3.05) is 7.05 Å². The predicted octanol–water partition coefficient (Wildman–Crippen LogP) is -1.03. The second-order valence-corrected chi connectivity index (χ2v) is 1.41. The summed E-state index contributed by atoms with van der Waals surface area (Å²) in [7, 11) is 1.51. The fraction of sp³-hybridized carbons (Fsp3) is 0.333. The molecule has 41 valence electrons. The standard InChI is InChI=1S/C3H5NO2.Fe/c1-4-2-3(5)6;/h4H,1H3,(H,5,6);/q;+1. The minimum atomic E-state index is -1.01. The van der Waals surface area contributed by atoms with Gasteiger partial charge in [0.15, 0.2) is 0 Å². The summed E-state index contributed by atoms with van der Waals surface area (Å²) in [4.78, 5) is 9.77. The summed E-state index contributed by atoms with van der Waals surface area (Å²) in [5.41, 5.74) is 0. The van der Waals surface area contributed by atoms with Crippen LogP contribution in [-0.2, 0) is 20.4 Å². The van der Waals surface area contributed by atoms with E-state index in [2.05, 4.69) is 20.9 Å². The number of likely N-dealkylation sites (N-methyl/N-ethyl adjacent to an activating group) is 1. The maximum absolute atomic E-state index is 9.77. The third kappa shape index (κ3) is 2.51. The normalized spacial score (nSPS) is 8.14. The van der Waals surface area contributed by atoms with Crippen LogP contribution in [0.5, 0.6) is 0 Å². The van der Waals surface area contributed by atoms with E-state index in [1.54, 1.807) is 0 Å². The average Bonchev–Trinajstić information content (AvgIpc) is 1.65. The summed E-state index contributed by atoms with van der Waals surface area (Å²) in [5.74, 6) is -1.01. The molecule has 0 fully saturated rings. The molecule has 0 aromatic heterocycles. The van der Waals surface area contributed by atoms with Crippen LogP contribution in [0.25, 0.3) is 0 Å². The maximum atomic E-state index is 9.77. The number of carboxylic acid groups (broad SMARTS) is 1. The zero-order chi connectivity index (χ0) is 5.86. The number of aliphatic carboxylic acids is 1. The second kappa shape index (κ2) is 2.91. The molecule has 2 N–H and O–H groups in total. The van der Waals surface area contributed by atoms with Crippen molar-refractivity contribution in [1.82, 2.24) is 5.32 Å². The molecule has 0 bridgehead atoms. The van der Waals surface area contributed by atoms with Gasteiger partial charge in [-0.15, -0.1) is 0 Å². The van der Waals surface area contributed by atoms with Crippen molar-refractivity contribution >= 4 is 10.5 Å². The zero-order valence-corrected chi connectivity index (χ0v) is 4.81. The van der Waals surface area contributed by atoms with Crippen LogP contribution in [0.2, 0.25) is 0 Å². The molecule has 0 heterocycles. The topological polar surface area (TPSA) is 49.3 Å². The molecule has 3 nitrogen and oxygen atoms in total.